The molecule has 3 aromatic heterocycles. The van der Waals surface area contributed by atoms with Gasteiger partial charge in [0.1, 0.15) is 5.82 Å². The molecule has 0 fully saturated rings. The average Bonchev–Trinajstić information content (AvgIpc) is 3.42. The van der Waals surface area contributed by atoms with Crippen molar-refractivity contribution in [1.29, 1.82) is 0 Å². The molecule has 4 rings (SSSR count). The first-order valence-corrected chi connectivity index (χ1v) is 10.3. The van der Waals surface area contributed by atoms with Crippen molar-refractivity contribution in [3.63, 3.8) is 0 Å². The van der Waals surface area contributed by atoms with Crippen LogP contribution in [0.3, 0.4) is 0 Å². The van der Waals surface area contributed by atoms with Gasteiger partial charge in [-0.3, -0.25) is 4.79 Å². The number of aromatic nitrogens is 4. The summed E-state index contributed by atoms with van der Waals surface area (Å²) >= 11 is 3.02. The monoisotopic (exact) mass is 413 g/mol. The molecule has 4 aromatic rings. The van der Waals surface area contributed by atoms with E-state index < -0.39 is 5.91 Å². The molecule has 0 aliphatic carbocycles. The predicted molar refractivity (Wildman–Crippen MR) is 107 cm³/mol. The molecule has 0 bridgehead atoms. The molecule has 0 aliphatic heterocycles. The number of aryl methyl sites for hydroxylation is 1. The lowest BCUT2D eigenvalue weighted by Crippen LogP contribution is -2.28. The zero-order valence-electron chi connectivity index (χ0n) is 15.1. The van der Waals surface area contributed by atoms with E-state index >= 15 is 0 Å². The largest absolute Gasteiger partial charge is 0.341 e. The maximum atomic E-state index is 13.3. The Bertz CT molecular complexity index is 1100. The van der Waals surface area contributed by atoms with Gasteiger partial charge in [0.05, 0.1) is 27.3 Å². The van der Waals surface area contributed by atoms with Gasteiger partial charge in [-0.1, -0.05) is 6.07 Å². The van der Waals surface area contributed by atoms with E-state index in [1.54, 1.807) is 16.8 Å². The Balaban J connectivity index is 1.67. The fraction of sp³-hybridized carbons (Fsp3) is 0.158. The molecular weight excluding hydrogens is 397 g/mol. The van der Waals surface area contributed by atoms with Gasteiger partial charge in [0.15, 0.2) is 5.82 Å². The maximum absolute atomic E-state index is 13.3. The van der Waals surface area contributed by atoms with Gasteiger partial charge in [-0.15, -0.1) is 27.8 Å². The summed E-state index contributed by atoms with van der Waals surface area (Å²) in [4.78, 5) is 22.4. The molecule has 28 heavy (non-hydrogen) atoms. The topological polar surface area (TPSA) is 72.7 Å². The lowest BCUT2D eigenvalue weighted by atomic mass is 10.2. The summed E-state index contributed by atoms with van der Waals surface area (Å²) in [7, 11) is 0. The fourth-order valence-electron chi connectivity index (χ4n) is 2.65. The van der Waals surface area contributed by atoms with Crippen molar-refractivity contribution < 1.29 is 9.18 Å². The highest BCUT2D eigenvalue weighted by atomic mass is 32.1. The summed E-state index contributed by atoms with van der Waals surface area (Å²) < 4.78 is 14.9. The van der Waals surface area contributed by atoms with E-state index in [0.717, 1.165) is 15.6 Å². The Labute approximate surface area is 168 Å². The molecule has 1 aromatic carbocycles. The zero-order chi connectivity index (χ0) is 19.7. The van der Waals surface area contributed by atoms with Crippen LogP contribution in [0.15, 0.2) is 47.2 Å². The van der Waals surface area contributed by atoms with Gasteiger partial charge < -0.3 is 5.32 Å². The van der Waals surface area contributed by atoms with Crippen molar-refractivity contribution in [2.24, 2.45) is 0 Å². The molecule has 1 unspecified atom stereocenters. The fourth-order valence-corrected chi connectivity index (χ4v) is 4.05. The Hall–Kier alpha value is -2.91. The summed E-state index contributed by atoms with van der Waals surface area (Å²) in [5.41, 5.74) is 1.42. The van der Waals surface area contributed by atoms with Crippen molar-refractivity contribution >= 4 is 28.6 Å². The van der Waals surface area contributed by atoms with E-state index in [9.17, 15) is 9.18 Å². The van der Waals surface area contributed by atoms with Crippen LogP contribution in [0.4, 0.5) is 4.39 Å². The number of amides is 1. The second-order valence-electron chi connectivity index (χ2n) is 6.11. The Kier molecular flexibility index (Phi) is 5.01. The van der Waals surface area contributed by atoms with Crippen LogP contribution in [-0.4, -0.2) is 25.7 Å². The van der Waals surface area contributed by atoms with Crippen LogP contribution in [0.5, 0.6) is 0 Å². The molecular formula is C19H16FN5OS2. The second kappa shape index (κ2) is 7.61. The summed E-state index contributed by atoms with van der Waals surface area (Å²) in [6, 6.07) is 9.43. The predicted octanol–water partition coefficient (Wildman–Crippen LogP) is 4.39. The van der Waals surface area contributed by atoms with Crippen LogP contribution in [0.25, 0.3) is 16.4 Å². The summed E-state index contributed by atoms with van der Waals surface area (Å²) in [6.45, 7) is 3.78. The summed E-state index contributed by atoms with van der Waals surface area (Å²) in [5.74, 6) is -0.154. The first kappa shape index (κ1) is 18.5. The molecule has 0 aliphatic rings. The van der Waals surface area contributed by atoms with Crippen molar-refractivity contribution in [2.45, 2.75) is 19.9 Å². The number of nitrogens with one attached hydrogen (secondary N) is 1. The summed E-state index contributed by atoms with van der Waals surface area (Å²) in [5, 5.41) is 12.0. The van der Waals surface area contributed by atoms with Crippen LogP contribution in [-0.2, 0) is 0 Å². The number of carbonyl (C=O) groups excluding carboxylic acids is 1. The number of thiazole rings is 1. The third-order valence-electron chi connectivity index (χ3n) is 4.05. The molecule has 0 radical (unpaired) electrons. The number of benzene rings is 1. The normalized spacial score (nSPS) is 12.1. The zero-order valence-corrected chi connectivity index (χ0v) is 16.7. The molecule has 9 heteroatoms. The van der Waals surface area contributed by atoms with Crippen molar-refractivity contribution in [2.75, 3.05) is 0 Å². The Morgan fingerprint density at radius 1 is 1.18 bits per heavy atom. The van der Waals surface area contributed by atoms with E-state index in [-0.39, 0.29) is 17.7 Å². The van der Waals surface area contributed by atoms with Gasteiger partial charge in [0, 0.05) is 5.38 Å². The van der Waals surface area contributed by atoms with Crippen LogP contribution in [0.2, 0.25) is 0 Å². The number of rotatable bonds is 5. The maximum Gasteiger partial charge on any atom is 0.291 e. The number of hydrogen-bond donors (Lipinski definition) is 1. The van der Waals surface area contributed by atoms with Gasteiger partial charge in [0.25, 0.3) is 5.91 Å². The van der Waals surface area contributed by atoms with Gasteiger partial charge in [0.2, 0.25) is 5.82 Å². The summed E-state index contributed by atoms with van der Waals surface area (Å²) in [6.07, 6.45) is 0. The molecule has 0 saturated carbocycles. The third-order valence-corrected chi connectivity index (χ3v) is 5.71. The van der Waals surface area contributed by atoms with Gasteiger partial charge in [-0.2, -0.15) is 0 Å². The first-order valence-electron chi connectivity index (χ1n) is 8.51. The second-order valence-corrected chi connectivity index (χ2v) is 8.12. The van der Waals surface area contributed by atoms with Gasteiger partial charge in [-0.05, 0) is 49.6 Å². The molecule has 3 heterocycles. The quantitative estimate of drug-likeness (QED) is 0.527. The Morgan fingerprint density at radius 2 is 1.96 bits per heavy atom. The van der Waals surface area contributed by atoms with Crippen molar-refractivity contribution in [3.05, 3.63) is 69.5 Å². The first-order chi connectivity index (χ1) is 13.5. The molecule has 1 atom stereocenters. The molecule has 6 nitrogen and oxygen atoms in total. The molecule has 1 amide bonds. The van der Waals surface area contributed by atoms with Gasteiger partial charge in [-0.25, -0.2) is 19.0 Å². The molecule has 1 N–H and O–H groups in total. The average molecular weight is 414 g/mol. The van der Waals surface area contributed by atoms with E-state index in [1.807, 2.05) is 36.7 Å². The van der Waals surface area contributed by atoms with Crippen molar-refractivity contribution in [3.8, 4) is 16.4 Å². The highest BCUT2D eigenvalue weighted by Crippen LogP contribution is 2.26. The van der Waals surface area contributed by atoms with Crippen LogP contribution >= 0.6 is 22.7 Å². The number of hydrogen-bond acceptors (Lipinski definition) is 6. The van der Waals surface area contributed by atoms with Crippen molar-refractivity contribution in [1.82, 2.24) is 25.1 Å². The van der Waals surface area contributed by atoms with E-state index in [0.29, 0.717) is 11.5 Å². The van der Waals surface area contributed by atoms with Crippen LogP contribution in [0, 0.1) is 12.7 Å². The molecule has 142 valence electrons. The number of halogens is 1. The molecule has 0 saturated heterocycles. The minimum Gasteiger partial charge on any atom is -0.341 e. The smallest absolute Gasteiger partial charge is 0.291 e. The standard InChI is InChI=1S/C19H16FN5OS2/c1-11(15-10-28-12(2)22-15)21-19(26)17-23-18(16-4-3-9-27-16)25(24-17)14-7-5-13(20)6-8-14/h3-11H,1-2H3,(H,21,26). The third kappa shape index (κ3) is 3.71. The SMILES string of the molecule is Cc1nc(C(C)NC(=O)c2nc(-c3cccs3)n(-c3ccc(F)cc3)n2)cs1. The number of carbonyl (C=O) groups is 1. The van der Waals surface area contributed by atoms with Gasteiger partial charge >= 0.3 is 0 Å². The van der Waals surface area contributed by atoms with Crippen LogP contribution < -0.4 is 5.32 Å². The highest BCUT2D eigenvalue weighted by Gasteiger charge is 2.21. The van der Waals surface area contributed by atoms with Crippen LogP contribution in [0.1, 0.15) is 34.3 Å². The minimum atomic E-state index is -0.392. The van der Waals surface area contributed by atoms with E-state index in [2.05, 4.69) is 20.4 Å². The minimum absolute atomic E-state index is 0.0477. The molecule has 0 spiro atoms. The Morgan fingerprint density at radius 3 is 2.61 bits per heavy atom. The highest BCUT2D eigenvalue weighted by molar-refractivity contribution is 7.13. The number of thiophene rings is 1. The van der Waals surface area contributed by atoms with E-state index in [1.165, 1.54) is 34.8 Å². The number of nitrogens with zero attached hydrogens (tertiary/aromatic N) is 4. The lowest BCUT2D eigenvalue weighted by molar-refractivity contribution is 0.0928. The lowest BCUT2D eigenvalue weighted by Gasteiger charge is -2.09. The van der Waals surface area contributed by atoms with E-state index in [4.69, 9.17) is 0 Å².